The number of aryl methyl sites for hydroxylation is 2. The first-order valence-corrected chi connectivity index (χ1v) is 15.4. The molecule has 0 bridgehead atoms. The van der Waals surface area contributed by atoms with E-state index in [1.54, 1.807) is 36.7 Å². The van der Waals surface area contributed by atoms with Gasteiger partial charge in [-0.3, -0.25) is 4.98 Å². The third-order valence-electron chi connectivity index (χ3n) is 6.50. The molecule has 5 rings (SSSR count). The molecule has 2 atom stereocenters. The number of hydrogen-bond donors (Lipinski definition) is 0. The summed E-state index contributed by atoms with van der Waals surface area (Å²) in [5.41, 5.74) is 13.8. The number of benzene rings is 4. The van der Waals surface area contributed by atoms with Crippen LogP contribution in [0.3, 0.4) is 0 Å². The van der Waals surface area contributed by atoms with Gasteiger partial charge in [0.1, 0.15) is 10.0 Å². The summed E-state index contributed by atoms with van der Waals surface area (Å²) in [6.45, 7) is 8.44. The van der Waals surface area contributed by atoms with Crippen LogP contribution in [-0.4, -0.2) is 13.4 Å². The van der Waals surface area contributed by atoms with Gasteiger partial charge < -0.3 is 10.5 Å². The fourth-order valence-electron chi connectivity index (χ4n) is 3.99. The van der Waals surface area contributed by atoms with Crippen molar-refractivity contribution in [2.75, 3.05) is 0 Å². The Hall–Kier alpha value is -3.48. The Bertz CT molecular complexity index is 1520. The van der Waals surface area contributed by atoms with Crippen LogP contribution in [0.5, 0.6) is 0 Å². The molecule has 0 spiro atoms. The molecule has 0 unspecified atom stereocenters. The molecule has 0 amide bonds. The summed E-state index contributed by atoms with van der Waals surface area (Å²) < 4.78 is 29.8. The van der Waals surface area contributed by atoms with Crippen LogP contribution in [-0.2, 0) is 29.5 Å². The minimum Gasteiger partial charge on any atom is -0.672 e. The van der Waals surface area contributed by atoms with Crippen molar-refractivity contribution >= 4 is 10.0 Å². The SMILES string of the molecule is Cc1ccc(C(C)C)cc1.Cc1ccc(S(=O)(=O)[N-][C@@H](c2ccccc2)[C@@H]([NH-])c2ccccc2)cc1.[Ru+2].c1ccncc1. The Morgan fingerprint density at radius 3 is 1.47 bits per heavy atom. The Balaban J connectivity index is 0.000000310. The molecule has 43 heavy (non-hydrogen) atoms. The van der Waals surface area contributed by atoms with E-state index in [0.717, 1.165) is 11.1 Å². The van der Waals surface area contributed by atoms with Crippen molar-refractivity contribution in [2.45, 2.75) is 50.6 Å². The zero-order chi connectivity index (χ0) is 30.4. The van der Waals surface area contributed by atoms with Crippen molar-refractivity contribution in [3.05, 3.63) is 178 Å². The second-order valence-corrected chi connectivity index (χ2v) is 11.9. The van der Waals surface area contributed by atoms with Crippen molar-refractivity contribution in [1.29, 1.82) is 0 Å². The van der Waals surface area contributed by atoms with E-state index in [4.69, 9.17) is 5.73 Å². The first-order valence-electron chi connectivity index (χ1n) is 13.9. The summed E-state index contributed by atoms with van der Waals surface area (Å²) in [4.78, 5) is 3.93. The van der Waals surface area contributed by atoms with Gasteiger partial charge in [-0.1, -0.05) is 139 Å². The van der Waals surface area contributed by atoms with E-state index < -0.39 is 22.1 Å². The number of hydrogen-bond acceptors (Lipinski definition) is 3. The van der Waals surface area contributed by atoms with E-state index >= 15 is 0 Å². The Morgan fingerprint density at radius 1 is 0.605 bits per heavy atom. The van der Waals surface area contributed by atoms with Gasteiger partial charge in [0.2, 0.25) is 0 Å². The summed E-state index contributed by atoms with van der Waals surface area (Å²) in [5.74, 6) is 0.653. The van der Waals surface area contributed by atoms with Crippen LogP contribution in [0.25, 0.3) is 10.5 Å². The van der Waals surface area contributed by atoms with Crippen LogP contribution in [0.2, 0.25) is 0 Å². The topological polar surface area (TPSA) is 84.9 Å². The summed E-state index contributed by atoms with van der Waals surface area (Å²) in [6.07, 6.45) is 3.50. The van der Waals surface area contributed by atoms with Gasteiger partial charge in [-0.25, -0.2) is 8.42 Å². The van der Waals surface area contributed by atoms with E-state index in [1.165, 1.54) is 11.1 Å². The van der Waals surface area contributed by atoms with Crippen LogP contribution >= 0.6 is 0 Å². The molecule has 5 aromatic rings. The van der Waals surface area contributed by atoms with E-state index in [0.29, 0.717) is 11.5 Å². The number of rotatable bonds is 7. The maximum atomic E-state index is 12.8. The number of pyridine rings is 1. The average molecular weight is 679 g/mol. The molecule has 0 aliphatic carbocycles. The number of nitrogens with zero attached hydrogens (tertiary/aromatic N) is 2. The third kappa shape index (κ3) is 12.0. The largest absolute Gasteiger partial charge is 2.00 e. The average Bonchev–Trinajstić information content (AvgIpc) is 3.02. The van der Waals surface area contributed by atoms with Crippen LogP contribution < -0.4 is 0 Å². The van der Waals surface area contributed by atoms with E-state index in [1.807, 2.05) is 85.8 Å². The van der Waals surface area contributed by atoms with Gasteiger partial charge in [0, 0.05) is 17.3 Å². The molecule has 0 aliphatic heterocycles. The number of sulfonamides is 1. The van der Waals surface area contributed by atoms with Crippen molar-refractivity contribution in [2.24, 2.45) is 0 Å². The molecule has 0 aliphatic rings. The predicted octanol–water partition coefficient (Wildman–Crippen LogP) is 9.79. The molecule has 0 fully saturated rings. The molecule has 1 heterocycles. The molecular weight excluding hydrogens is 640 g/mol. The van der Waals surface area contributed by atoms with Gasteiger partial charge >= 0.3 is 19.5 Å². The van der Waals surface area contributed by atoms with Gasteiger partial charge in [-0.15, -0.1) is 12.1 Å². The van der Waals surface area contributed by atoms with E-state index in [9.17, 15) is 8.42 Å². The standard InChI is InChI=1S/C21H20N2O2S.C10H14.C5H5N.Ru/c1-16-12-14-19(15-13-16)26(24,25)23-21(18-10-6-3-7-11-18)20(22)17-8-4-2-5-9-17;1-8(2)10-6-4-9(3)5-7-10;1-2-4-6-5-3-1;/h2-15,20-22H,1H3;4-8H,1-3H3;1-5H;/q-2;;;+2/t20-,21-;;;/m0.../s1. The van der Waals surface area contributed by atoms with Gasteiger partial charge in [0.15, 0.2) is 0 Å². The molecule has 7 heteroatoms. The Morgan fingerprint density at radius 2 is 1.05 bits per heavy atom. The molecule has 0 saturated carbocycles. The molecule has 4 aromatic carbocycles. The van der Waals surface area contributed by atoms with Crippen molar-refractivity contribution in [3.63, 3.8) is 0 Å². The summed E-state index contributed by atoms with van der Waals surface area (Å²) >= 11 is 0. The second kappa shape index (κ2) is 18.2. The van der Waals surface area contributed by atoms with Gasteiger partial charge in [0.25, 0.3) is 0 Å². The maximum Gasteiger partial charge on any atom is 2.00 e. The fraction of sp³-hybridized carbons (Fsp3) is 0.194. The smallest absolute Gasteiger partial charge is 0.672 e. The summed E-state index contributed by atoms with van der Waals surface area (Å²) in [6, 6.07) is 37.7. The molecule has 5 nitrogen and oxygen atoms in total. The molecule has 0 saturated heterocycles. The molecular formula is C36H39N3O2RuS. The predicted molar refractivity (Wildman–Crippen MR) is 174 cm³/mol. The van der Waals surface area contributed by atoms with Crippen molar-refractivity contribution in [3.8, 4) is 0 Å². The first kappa shape index (κ1) is 35.7. The monoisotopic (exact) mass is 679 g/mol. The quantitative estimate of drug-likeness (QED) is 0.161. The van der Waals surface area contributed by atoms with Crippen LogP contribution in [0.1, 0.15) is 59.7 Å². The van der Waals surface area contributed by atoms with E-state index in [-0.39, 0.29) is 24.4 Å². The van der Waals surface area contributed by atoms with Crippen molar-refractivity contribution in [1.82, 2.24) is 4.98 Å². The number of nitrogens with one attached hydrogen (secondary N) is 1. The van der Waals surface area contributed by atoms with Crippen molar-refractivity contribution < 1.29 is 27.9 Å². The zero-order valence-electron chi connectivity index (χ0n) is 25.0. The number of aromatic nitrogens is 1. The fourth-order valence-corrected chi connectivity index (χ4v) is 5.14. The summed E-state index contributed by atoms with van der Waals surface area (Å²) in [7, 11) is -3.87. The minimum atomic E-state index is -3.87. The Kier molecular flexibility index (Phi) is 15.2. The molecule has 0 radical (unpaired) electrons. The van der Waals surface area contributed by atoms with Gasteiger partial charge in [-0.05, 0) is 49.6 Å². The zero-order valence-corrected chi connectivity index (χ0v) is 27.5. The molecule has 1 N–H and O–H groups in total. The molecule has 1 aromatic heterocycles. The first-order chi connectivity index (χ1) is 20.2. The second-order valence-electron chi connectivity index (χ2n) is 10.2. The normalized spacial score (nSPS) is 12.0. The third-order valence-corrected chi connectivity index (χ3v) is 7.87. The van der Waals surface area contributed by atoms with E-state index in [2.05, 4.69) is 54.7 Å². The molecule has 224 valence electrons. The van der Waals surface area contributed by atoms with Crippen LogP contribution in [0.15, 0.2) is 145 Å². The van der Waals surface area contributed by atoms with Gasteiger partial charge in [-0.2, -0.15) is 0 Å². The summed E-state index contributed by atoms with van der Waals surface area (Å²) in [5, 5.41) is 0. The maximum absolute atomic E-state index is 12.8. The van der Waals surface area contributed by atoms with Gasteiger partial charge in [0.05, 0.1) is 0 Å². The Labute approximate surface area is 270 Å². The minimum absolute atomic E-state index is 0. The van der Waals surface area contributed by atoms with Crippen LogP contribution in [0, 0.1) is 13.8 Å². The van der Waals surface area contributed by atoms with Crippen LogP contribution in [0.4, 0.5) is 0 Å².